The Morgan fingerprint density at radius 2 is 1.81 bits per heavy atom. The summed E-state index contributed by atoms with van der Waals surface area (Å²) in [5.41, 5.74) is 4.23. The van der Waals surface area contributed by atoms with E-state index in [1.54, 1.807) is 0 Å². The lowest BCUT2D eigenvalue weighted by molar-refractivity contribution is 0.0751. The van der Waals surface area contributed by atoms with Crippen molar-refractivity contribution in [2.45, 2.75) is 27.3 Å². The Hall–Kier alpha value is -1.61. The van der Waals surface area contributed by atoms with E-state index < -0.39 is 0 Å². The second kappa shape index (κ2) is 6.90. The summed E-state index contributed by atoms with van der Waals surface area (Å²) in [7, 11) is 0. The standard InChI is InChI=1S/C18H20BrNO/c1-4-20(12-15-7-5-6-13(2)10-15)18(21)16-9-8-14(3)11-17(16)19/h5-11H,4,12H2,1-3H3. The maximum absolute atomic E-state index is 12.7. The fourth-order valence-corrected chi connectivity index (χ4v) is 2.98. The van der Waals surface area contributed by atoms with Crippen LogP contribution in [0.5, 0.6) is 0 Å². The predicted octanol–water partition coefficient (Wildman–Crippen LogP) is 4.73. The van der Waals surface area contributed by atoms with Crippen LogP contribution in [0.2, 0.25) is 0 Å². The second-order valence-corrected chi connectivity index (χ2v) is 6.15. The minimum absolute atomic E-state index is 0.0610. The summed E-state index contributed by atoms with van der Waals surface area (Å²) in [4.78, 5) is 14.6. The van der Waals surface area contributed by atoms with E-state index in [0.717, 1.165) is 21.2 Å². The molecule has 0 aromatic heterocycles. The lowest BCUT2D eigenvalue weighted by Crippen LogP contribution is -2.30. The van der Waals surface area contributed by atoms with Crippen molar-refractivity contribution in [3.63, 3.8) is 0 Å². The topological polar surface area (TPSA) is 20.3 Å². The summed E-state index contributed by atoms with van der Waals surface area (Å²) in [6.45, 7) is 7.42. The molecular formula is C18H20BrNO. The minimum Gasteiger partial charge on any atom is -0.335 e. The molecule has 2 nitrogen and oxygen atoms in total. The van der Waals surface area contributed by atoms with E-state index in [1.165, 1.54) is 5.56 Å². The Labute approximate surface area is 134 Å². The zero-order valence-corrected chi connectivity index (χ0v) is 14.3. The van der Waals surface area contributed by atoms with E-state index in [1.807, 2.05) is 43.0 Å². The Morgan fingerprint density at radius 3 is 2.43 bits per heavy atom. The van der Waals surface area contributed by atoms with Gasteiger partial charge in [-0.05, 0) is 60.0 Å². The smallest absolute Gasteiger partial charge is 0.255 e. The summed E-state index contributed by atoms with van der Waals surface area (Å²) in [6, 6.07) is 14.1. The number of nitrogens with zero attached hydrogens (tertiary/aromatic N) is 1. The first-order chi connectivity index (χ1) is 10.0. The van der Waals surface area contributed by atoms with Crippen LogP contribution in [-0.2, 0) is 6.54 Å². The molecule has 0 unspecified atom stereocenters. The summed E-state index contributed by atoms with van der Waals surface area (Å²) < 4.78 is 0.857. The van der Waals surface area contributed by atoms with Gasteiger partial charge in [0.1, 0.15) is 0 Å². The molecule has 0 fully saturated rings. The van der Waals surface area contributed by atoms with Gasteiger partial charge in [-0.2, -0.15) is 0 Å². The zero-order chi connectivity index (χ0) is 15.4. The Balaban J connectivity index is 2.22. The van der Waals surface area contributed by atoms with Gasteiger partial charge in [-0.1, -0.05) is 35.9 Å². The number of carbonyl (C=O) groups is 1. The van der Waals surface area contributed by atoms with Gasteiger partial charge in [0.15, 0.2) is 0 Å². The first kappa shape index (κ1) is 15.8. The largest absolute Gasteiger partial charge is 0.335 e. The van der Waals surface area contributed by atoms with Crippen LogP contribution in [-0.4, -0.2) is 17.4 Å². The molecule has 0 saturated carbocycles. The van der Waals surface area contributed by atoms with Crippen LogP contribution in [0.15, 0.2) is 46.9 Å². The monoisotopic (exact) mass is 345 g/mol. The Kier molecular flexibility index (Phi) is 5.18. The van der Waals surface area contributed by atoms with Gasteiger partial charge in [-0.25, -0.2) is 0 Å². The number of amides is 1. The van der Waals surface area contributed by atoms with E-state index in [4.69, 9.17) is 0 Å². The van der Waals surface area contributed by atoms with Crippen molar-refractivity contribution in [3.8, 4) is 0 Å². The molecule has 110 valence electrons. The van der Waals surface area contributed by atoms with E-state index in [9.17, 15) is 4.79 Å². The molecule has 0 bridgehead atoms. The fraction of sp³-hybridized carbons (Fsp3) is 0.278. The van der Waals surface area contributed by atoms with Crippen molar-refractivity contribution in [1.29, 1.82) is 0 Å². The van der Waals surface area contributed by atoms with Gasteiger partial charge in [0, 0.05) is 17.6 Å². The summed E-state index contributed by atoms with van der Waals surface area (Å²) in [6.07, 6.45) is 0. The molecule has 0 N–H and O–H groups in total. The van der Waals surface area contributed by atoms with Crippen LogP contribution in [0.4, 0.5) is 0 Å². The molecule has 0 aliphatic carbocycles. The molecule has 2 rings (SSSR count). The molecule has 0 spiro atoms. The second-order valence-electron chi connectivity index (χ2n) is 5.29. The van der Waals surface area contributed by atoms with Crippen molar-refractivity contribution >= 4 is 21.8 Å². The normalized spacial score (nSPS) is 10.5. The van der Waals surface area contributed by atoms with E-state index >= 15 is 0 Å². The predicted molar refractivity (Wildman–Crippen MR) is 90.5 cm³/mol. The highest BCUT2D eigenvalue weighted by molar-refractivity contribution is 9.10. The molecule has 21 heavy (non-hydrogen) atoms. The SMILES string of the molecule is CCN(Cc1cccc(C)c1)C(=O)c1ccc(C)cc1Br. The lowest BCUT2D eigenvalue weighted by Gasteiger charge is -2.22. The van der Waals surface area contributed by atoms with Crippen LogP contribution in [0.25, 0.3) is 0 Å². The molecule has 2 aromatic rings. The summed E-state index contributed by atoms with van der Waals surface area (Å²) in [5.74, 6) is 0.0610. The highest BCUT2D eigenvalue weighted by atomic mass is 79.9. The van der Waals surface area contributed by atoms with Gasteiger partial charge in [-0.3, -0.25) is 4.79 Å². The molecule has 0 atom stereocenters. The molecule has 0 saturated heterocycles. The van der Waals surface area contributed by atoms with Gasteiger partial charge >= 0.3 is 0 Å². The number of hydrogen-bond acceptors (Lipinski definition) is 1. The van der Waals surface area contributed by atoms with Crippen LogP contribution >= 0.6 is 15.9 Å². The first-order valence-electron chi connectivity index (χ1n) is 7.12. The van der Waals surface area contributed by atoms with Gasteiger partial charge in [0.05, 0.1) is 5.56 Å². The van der Waals surface area contributed by atoms with Crippen molar-refractivity contribution in [1.82, 2.24) is 4.90 Å². The lowest BCUT2D eigenvalue weighted by atomic mass is 10.1. The van der Waals surface area contributed by atoms with Crippen molar-refractivity contribution in [2.24, 2.45) is 0 Å². The molecular weight excluding hydrogens is 326 g/mol. The molecule has 2 aromatic carbocycles. The number of benzene rings is 2. The third-order valence-electron chi connectivity index (χ3n) is 3.48. The molecule has 0 heterocycles. The van der Waals surface area contributed by atoms with Crippen LogP contribution in [0, 0.1) is 13.8 Å². The highest BCUT2D eigenvalue weighted by Gasteiger charge is 2.17. The van der Waals surface area contributed by atoms with E-state index in [0.29, 0.717) is 13.1 Å². The van der Waals surface area contributed by atoms with Crippen LogP contribution in [0.3, 0.4) is 0 Å². The molecule has 0 aliphatic heterocycles. The average molecular weight is 346 g/mol. The third kappa shape index (κ3) is 3.94. The highest BCUT2D eigenvalue weighted by Crippen LogP contribution is 2.21. The number of rotatable bonds is 4. The number of aryl methyl sites for hydroxylation is 2. The molecule has 1 amide bonds. The average Bonchev–Trinajstić information content (AvgIpc) is 2.44. The van der Waals surface area contributed by atoms with E-state index in [-0.39, 0.29) is 5.91 Å². The summed E-state index contributed by atoms with van der Waals surface area (Å²) in [5, 5.41) is 0. The zero-order valence-electron chi connectivity index (χ0n) is 12.7. The van der Waals surface area contributed by atoms with Gasteiger partial charge in [-0.15, -0.1) is 0 Å². The first-order valence-corrected chi connectivity index (χ1v) is 7.91. The number of hydrogen-bond donors (Lipinski definition) is 0. The van der Waals surface area contributed by atoms with Crippen LogP contribution in [0.1, 0.15) is 34.0 Å². The quantitative estimate of drug-likeness (QED) is 0.784. The molecule has 3 heteroatoms. The van der Waals surface area contributed by atoms with Gasteiger partial charge in [0.25, 0.3) is 5.91 Å². The minimum atomic E-state index is 0.0610. The fourth-order valence-electron chi connectivity index (χ4n) is 2.32. The van der Waals surface area contributed by atoms with Crippen molar-refractivity contribution in [3.05, 3.63) is 69.2 Å². The summed E-state index contributed by atoms with van der Waals surface area (Å²) >= 11 is 3.49. The number of carbonyl (C=O) groups excluding carboxylic acids is 1. The Morgan fingerprint density at radius 1 is 1.10 bits per heavy atom. The molecule has 0 radical (unpaired) electrons. The molecule has 0 aliphatic rings. The number of halogens is 1. The van der Waals surface area contributed by atoms with Crippen molar-refractivity contribution in [2.75, 3.05) is 6.54 Å². The van der Waals surface area contributed by atoms with Crippen molar-refractivity contribution < 1.29 is 4.79 Å². The van der Waals surface area contributed by atoms with Crippen LogP contribution < -0.4 is 0 Å². The third-order valence-corrected chi connectivity index (χ3v) is 4.14. The Bertz CT molecular complexity index is 651. The maximum atomic E-state index is 12.7. The van der Waals surface area contributed by atoms with Gasteiger partial charge in [0.2, 0.25) is 0 Å². The maximum Gasteiger partial charge on any atom is 0.255 e. The van der Waals surface area contributed by atoms with E-state index in [2.05, 4.69) is 41.1 Å². The van der Waals surface area contributed by atoms with Gasteiger partial charge < -0.3 is 4.90 Å².